The molecule has 1 aliphatic rings. The predicted octanol–water partition coefficient (Wildman–Crippen LogP) is 2.67. The number of rotatable bonds is 4. The highest BCUT2D eigenvalue weighted by Crippen LogP contribution is 2.37. The third-order valence-corrected chi connectivity index (χ3v) is 4.38. The molecule has 0 amide bonds. The molecule has 1 saturated heterocycles. The molecule has 1 heterocycles. The Morgan fingerprint density at radius 3 is 2.42 bits per heavy atom. The second-order valence-electron chi connectivity index (χ2n) is 5.70. The predicted molar refractivity (Wildman–Crippen MR) is 79.7 cm³/mol. The van der Waals surface area contributed by atoms with E-state index >= 15 is 0 Å². The van der Waals surface area contributed by atoms with Gasteiger partial charge in [-0.05, 0) is 51.4 Å². The highest BCUT2D eigenvalue weighted by molar-refractivity contribution is 5.74. The molecule has 0 saturated carbocycles. The third-order valence-electron chi connectivity index (χ3n) is 4.38. The van der Waals surface area contributed by atoms with E-state index in [1.165, 1.54) is 6.29 Å². The van der Waals surface area contributed by atoms with Crippen molar-refractivity contribution >= 4 is 12.0 Å². The minimum atomic E-state index is -0.314. The lowest BCUT2D eigenvalue weighted by atomic mass is 9.73. The summed E-state index contributed by atoms with van der Waals surface area (Å²) in [6.45, 7) is 6.42. The first kappa shape index (κ1) is 14.1. The summed E-state index contributed by atoms with van der Waals surface area (Å²) in [5.74, 6) is 0. The molecule has 0 unspecified atom stereocenters. The summed E-state index contributed by atoms with van der Waals surface area (Å²) in [6, 6.07) is 8.73. The van der Waals surface area contributed by atoms with E-state index in [4.69, 9.17) is 0 Å². The first-order valence-corrected chi connectivity index (χ1v) is 7.10. The second-order valence-corrected chi connectivity index (χ2v) is 5.70. The Morgan fingerprint density at radius 1 is 1.26 bits per heavy atom. The van der Waals surface area contributed by atoms with Gasteiger partial charge in [-0.2, -0.15) is 0 Å². The number of benzene rings is 1. The summed E-state index contributed by atoms with van der Waals surface area (Å²) in [4.78, 5) is 14.2. The average Bonchev–Trinajstić information content (AvgIpc) is 2.47. The van der Waals surface area contributed by atoms with Crippen molar-refractivity contribution in [3.05, 3.63) is 29.8 Å². The van der Waals surface area contributed by atoms with Gasteiger partial charge in [0.05, 0.1) is 5.41 Å². The van der Waals surface area contributed by atoms with Gasteiger partial charge in [0.15, 0.2) is 0 Å². The Balaban J connectivity index is 2.27. The van der Waals surface area contributed by atoms with Crippen LogP contribution in [0, 0.1) is 0 Å². The Labute approximate surface area is 116 Å². The molecular weight excluding hydrogens is 236 g/mol. The molecule has 1 N–H and O–H groups in total. The van der Waals surface area contributed by atoms with Crippen LogP contribution < -0.4 is 5.32 Å². The van der Waals surface area contributed by atoms with E-state index in [1.54, 1.807) is 0 Å². The molecule has 0 atom stereocenters. The van der Waals surface area contributed by atoms with Crippen LogP contribution in [0.3, 0.4) is 0 Å². The fraction of sp³-hybridized carbons (Fsp3) is 0.562. The maximum atomic E-state index is 11.8. The van der Waals surface area contributed by atoms with Crippen molar-refractivity contribution in [2.24, 2.45) is 0 Å². The number of hydrogen-bond donors (Lipinski definition) is 1. The molecule has 0 spiro atoms. The van der Waals surface area contributed by atoms with E-state index in [1.807, 2.05) is 19.2 Å². The van der Waals surface area contributed by atoms with E-state index in [9.17, 15) is 4.79 Å². The molecule has 3 nitrogen and oxygen atoms in total. The van der Waals surface area contributed by atoms with E-state index < -0.39 is 0 Å². The van der Waals surface area contributed by atoms with E-state index in [0.29, 0.717) is 6.04 Å². The van der Waals surface area contributed by atoms with Crippen LogP contribution in [0.15, 0.2) is 24.3 Å². The van der Waals surface area contributed by atoms with Gasteiger partial charge in [-0.25, -0.2) is 0 Å². The van der Waals surface area contributed by atoms with Crippen molar-refractivity contribution < 1.29 is 4.79 Å². The SMILES string of the molecule is CNc1ccccc1C1(C=O)CCN(C(C)C)CC1. The van der Waals surface area contributed by atoms with Gasteiger partial charge in [0.25, 0.3) is 0 Å². The maximum absolute atomic E-state index is 11.8. The van der Waals surface area contributed by atoms with Crippen LogP contribution in [0.25, 0.3) is 0 Å². The van der Waals surface area contributed by atoms with E-state index in [0.717, 1.165) is 37.2 Å². The number of piperidine rings is 1. The summed E-state index contributed by atoms with van der Waals surface area (Å²) in [5, 5.41) is 3.21. The van der Waals surface area contributed by atoms with Crippen LogP contribution in [0.4, 0.5) is 5.69 Å². The largest absolute Gasteiger partial charge is 0.388 e. The molecule has 3 heteroatoms. The van der Waals surface area contributed by atoms with Crippen LogP contribution in [-0.4, -0.2) is 37.4 Å². The molecule has 0 radical (unpaired) electrons. The van der Waals surface area contributed by atoms with Gasteiger partial charge in [-0.3, -0.25) is 0 Å². The molecule has 1 aromatic carbocycles. The number of nitrogens with one attached hydrogen (secondary N) is 1. The van der Waals surface area contributed by atoms with Crippen molar-refractivity contribution in [2.75, 3.05) is 25.5 Å². The lowest BCUT2D eigenvalue weighted by Gasteiger charge is -2.41. The summed E-state index contributed by atoms with van der Waals surface area (Å²) in [7, 11) is 1.92. The lowest BCUT2D eigenvalue weighted by molar-refractivity contribution is -0.114. The molecule has 2 rings (SSSR count). The summed E-state index contributed by atoms with van der Waals surface area (Å²) < 4.78 is 0. The van der Waals surface area contributed by atoms with Crippen LogP contribution >= 0.6 is 0 Å². The van der Waals surface area contributed by atoms with Crippen molar-refractivity contribution in [2.45, 2.75) is 38.1 Å². The van der Waals surface area contributed by atoms with E-state index in [2.05, 4.69) is 36.2 Å². The second kappa shape index (κ2) is 5.74. The summed E-state index contributed by atoms with van der Waals surface area (Å²) >= 11 is 0. The lowest BCUT2D eigenvalue weighted by Crippen LogP contribution is -2.46. The number of anilines is 1. The van der Waals surface area contributed by atoms with Crippen molar-refractivity contribution in [1.29, 1.82) is 0 Å². The zero-order chi connectivity index (χ0) is 13.9. The number of likely N-dealkylation sites (tertiary alicyclic amines) is 1. The van der Waals surface area contributed by atoms with Crippen molar-refractivity contribution in [3.8, 4) is 0 Å². The maximum Gasteiger partial charge on any atom is 0.130 e. The molecule has 19 heavy (non-hydrogen) atoms. The summed E-state index contributed by atoms with van der Waals surface area (Å²) in [6.07, 6.45) is 2.99. The topological polar surface area (TPSA) is 32.3 Å². The number of nitrogens with zero attached hydrogens (tertiary/aromatic N) is 1. The Kier molecular flexibility index (Phi) is 4.25. The quantitative estimate of drug-likeness (QED) is 0.845. The minimum Gasteiger partial charge on any atom is -0.388 e. The number of para-hydroxylation sites is 1. The van der Waals surface area contributed by atoms with Gasteiger partial charge in [-0.15, -0.1) is 0 Å². The highest BCUT2D eigenvalue weighted by Gasteiger charge is 2.37. The van der Waals surface area contributed by atoms with Crippen LogP contribution in [0.1, 0.15) is 32.3 Å². The molecule has 1 aromatic rings. The number of carbonyl (C=O) groups excluding carboxylic acids is 1. The number of aldehydes is 1. The monoisotopic (exact) mass is 260 g/mol. The van der Waals surface area contributed by atoms with Crippen LogP contribution in [0.2, 0.25) is 0 Å². The van der Waals surface area contributed by atoms with Crippen molar-refractivity contribution in [3.63, 3.8) is 0 Å². The molecule has 0 aromatic heterocycles. The Hall–Kier alpha value is -1.35. The normalized spacial score (nSPS) is 19.4. The Morgan fingerprint density at radius 2 is 1.89 bits per heavy atom. The smallest absolute Gasteiger partial charge is 0.130 e. The van der Waals surface area contributed by atoms with Gasteiger partial charge >= 0.3 is 0 Å². The summed E-state index contributed by atoms with van der Waals surface area (Å²) in [5.41, 5.74) is 1.91. The van der Waals surface area contributed by atoms with Crippen LogP contribution in [0.5, 0.6) is 0 Å². The molecule has 0 aliphatic carbocycles. The van der Waals surface area contributed by atoms with E-state index in [-0.39, 0.29) is 5.41 Å². The highest BCUT2D eigenvalue weighted by atomic mass is 16.1. The molecular formula is C16H24N2O. The fourth-order valence-electron chi connectivity index (χ4n) is 3.03. The minimum absolute atomic E-state index is 0.314. The first-order chi connectivity index (χ1) is 9.13. The number of hydrogen-bond acceptors (Lipinski definition) is 3. The standard InChI is InChI=1S/C16H24N2O/c1-13(2)18-10-8-16(12-19,9-11-18)14-6-4-5-7-15(14)17-3/h4-7,12-13,17H,8-11H2,1-3H3. The third kappa shape index (κ3) is 2.66. The molecule has 1 aliphatic heterocycles. The van der Waals surface area contributed by atoms with Gasteiger partial charge in [-0.1, -0.05) is 18.2 Å². The van der Waals surface area contributed by atoms with Crippen molar-refractivity contribution in [1.82, 2.24) is 4.90 Å². The molecule has 104 valence electrons. The molecule has 0 bridgehead atoms. The van der Waals surface area contributed by atoms with Gasteiger partial charge in [0.2, 0.25) is 0 Å². The van der Waals surface area contributed by atoms with Gasteiger partial charge in [0, 0.05) is 18.8 Å². The Bertz CT molecular complexity index is 434. The average molecular weight is 260 g/mol. The first-order valence-electron chi connectivity index (χ1n) is 7.10. The fourth-order valence-corrected chi connectivity index (χ4v) is 3.03. The molecule has 1 fully saturated rings. The van der Waals surface area contributed by atoms with Gasteiger partial charge < -0.3 is 15.0 Å². The number of carbonyl (C=O) groups is 1. The van der Waals surface area contributed by atoms with Gasteiger partial charge in [0.1, 0.15) is 6.29 Å². The zero-order valence-electron chi connectivity index (χ0n) is 12.1. The zero-order valence-corrected chi connectivity index (χ0v) is 12.1. The van der Waals surface area contributed by atoms with Crippen LogP contribution in [-0.2, 0) is 10.2 Å².